The van der Waals surface area contributed by atoms with Crippen LogP contribution >= 0.6 is 15.9 Å². The van der Waals surface area contributed by atoms with Crippen molar-refractivity contribution < 1.29 is 28.7 Å². The van der Waals surface area contributed by atoms with Crippen LogP contribution in [-0.2, 0) is 4.79 Å². The highest BCUT2D eigenvalue weighted by Gasteiger charge is 2.26. The number of aliphatic carboxylic acids is 1. The second kappa shape index (κ2) is 11.2. The molecule has 0 saturated carbocycles. The fourth-order valence-corrected chi connectivity index (χ4v) is 4.44. The van der Waals surface area contributed by atoms with Crippen LogP contribution in [0.4, 0.5) is 5.69 Å². The number of halogens is 1. The minimum absolute atomic E-state index is 0.0525. The minimum Gasteiger partial charge on any atom is -0.490 e. The normalized spacial score (nSPS) is 12.2. The number of nitrogens with zero attached hydrogens (tertiary/aromatic N) is 4. The quantitative estimate of drug-likeness (QED) is 0.125. The zero-order chi connectivity index (χ0) is 29.3. The van der Waals surface area contributed by atoms with Gasteiger partial charge in [-0.05, 0) is 56.3 Å². The van der Waals surface area contributed by atoms with Crippen molar-refractivity contribution in [2.75, 3.05) is 6.61 Å². The van der Waals surface area contributed by atoms with Crippen molar-refractivity contribution in [2.24, 2.45) is 5.10 Å². The second-order valence-corrected chi connectivity index (χ2v) is 9.68. The zero-order valence-electron chi connectivity index (χ0n) is 21.6. The molecule has 0 saturated heterocycles. The zero-order valence-corrected chi connectivity index (χ0v) is 23.2. The Morgan fingerprint density at radius 2 is 2.02 bits per heavy atom. The minimum atomic E-state index is -1.37. The van der Waals surface area contributed by atoms with Crippen LogP contribution in [0.3, 0.4) is 0 Å². The SMILES string of the molecule is CCOc1cc(C=Nn2c(-c3cc4cc(Br)ccc4o3)nc3ccccc3c2=O)cc([N+](=O)[O-])c1O[C@H](C)C(=O)O. The molecule has 1 N–H and O–H groups in total. The summed E-state index contributed by atoms with van der Waals surface area (Å²) in [6.07, 6.45) is -0.137. The Morgan fingerprint density at radius 1 is 1.24 bits per heavy atom. The molecule has 1 atom stereocenters. The number of hydrogen-bond donors (Lipinski definition) is 1. The lowest BCUT2D eigenvalue weighted by atomic mass is 10.1. The number of nitro groups is 1. The third-order valence-corrected chi connectivity index (χ3v) is 6.46. The maximum Gasteiger partial charge on any atom is 0.344 e. The van der Waals surface area contributed by atoms with Gasteiger partial charge in [-0.25, -0.2) is 9.78 Å². The van der Waals surface area contributed by atoms with Crippen LogP contribution in [0.2, 0.25) is 0 Å². The Labute approximate surface area is 239 Å². The van der Waals surface area contributed by atoms with Crippen LogP contribution in [0.1, 0.15) is 19.4 Å². The summed E-state index contributed by atoms with van der Waals surface area (Å²) < 4.78 is 18.8. The molecule has 13 heteroatoms. The first-order chi connectivity index (χ1) is 19.7. The number of aromatic nitrogens is 2. The molecule has 208 valence electrons. The van der Waals surface area contributed by atoms with E-state index in [1.165, 1.54) is 19.2 Å². The van der Waals surface area contributed by atoms with Crippen molar-refractivity contribution in [1.29, 1.82) is 0 Å². The van der Waals surface area contributed by atoms with Crippen molar-refractivity contribution in [3.05, 3.63) is 91.2 Å². The van der Waals surface area contributed by atoms with Crippen molar-refractivity contribution in [3.63, 3.8) is 0 Å². The van der Waals surface area contributed by atoms with Crippen molar-refractivity contribution in [2.45, 2.75) is 20.0 Å². The summed E-state index contributed by atoms with van der Waals surface area (Å²) in [5, 5.41) is 26.6. The Balaban J connectivity index is 1.67. The molecule has 5 aromatic rings. The lowest BCUT2D eigenvalue weighted by molar-refractivity contribution is -0.386. The maximum atomic E-state index is 13.5. The van der Waals surface area contributed by atoms with E-state index in [9.17, 15) is 24.8 Å². The highest BCUT2D eigenvalue weighted by atomic mass is 79.9. The van der Waals surface area contributed by atoms with E-state index >= 15 is 0 Å². The monoisotopic (exact) mass is 620 g/mol. The van der Waals surface area contributed by atoms with E-state index in [-0.39, 0.29) is 35.3 Å². The van der Waals surface area contributed by atoms with Gasteiger partial charge in [0.15, 0.2) is 17.6 Å². The lowest BCUT2D eigenvalue weighted by Gasteiger charge is -2.15. The average Bonchev–Trinajstić information content (AvgIpc) is 3.36. The first-order valence-electron chi connectivity index (χ1n) is 12.3. The highest BCUT2D eigenvalue weighted by Crippen LogP contribution is 2.39. The van der Waals surface area contributed by atoms with E-state index in [1.807, 2.05) is 12.1 Å². The Morgan fingerprint density at radius 3 is 2.76 bits per heavy atom. The number of nitro benzene ring substituents is 1. The van der Waals surface area contributed by atoms with Crippen molar-refractivity contribution in [3.8, 4) is 23.1 Å². The van der Waals surface area contributed by atoms with E-state index in [1.54, 1.807) is 43.3 Å². The molecule has 3 aromatic carbocycles. The first kappa shape index (κ1) is 27.5. The standard InChI is InChI=1S/C28H21BrN4O8/c1-3-39-23-11-16(10-21(33(37)38)25(23)40-15(2)28(35)36)14-30-32-26(31-20-7-5-4-6-19(20)27(32)34)24-13-17-12-18(29)8-9-22(17)41-24/h4-15H,3H2,1-2H3,(H,35,36)/t15-/m1/s1. The summed E-state index contributed by atoms with van der Waals surface area (Å²) in [7, 11) is 0. The smallest absolute Gasteiger partial charge is 0.344 e. The summed E-state index contributed by atoms with van der Waals surface area (Å²) in [4.78, 5) is 40.7. The second-order valence-electron chi connectivity index (χ2n) is 8.76. The number of ether oxygens (including phenoxy) is 2. The van der Waals surface area contributed by atoms with Gasteiger partial charge in [-0.1, -0.05) is 28.1 Å². The summed E-state index contributed by atoms with van der Waals surface area (Å²) >= 11 is 3.43. The predicted octanol–water partition coefficient (Wildman–Crippen LogP) is 5.61. The third-order valence-electron chi connectivity index (χ3n) is 5.97. The van der Waals surface area contributed by atoms with Gasteiger partial charge in [0.05, 0.1) is 28.6 Å². The van der Waals surface area contributed by atoms with Crippen molar-refractivity contribution in [1.82, 2.24) is 9.66 Å². The van der Waals surface area contributed by atoms with Gasteiger partial charge in [0.25, 0.3) is 5.56 Å². The summed E-state index contributed by atoms with van der Waals surface area (Å²) in [5.74, 6) is -1.29. The fraction of sp³-hybridized carbons (Fsp3) is 0.143. The van der Waals surface area contributed by atoms with Gasteiger partial charge in [0.1, 0.15) is 5.58 Å². The molecule has 41 heavy (non-hydrogen) atoms. The molecule has 2 heterocycles. The van der Waals surface area contributed by atoms with E-state index in [0.29, 0.717) is 16.5 Å². The summed E-state index contributed by atoms with van der Waals surface area (Å²) in [5.41, 5.74) is 0.180. The molecule has 0 aliphatic rings. The fourth-order valence-electron chi connectivity index (χ4n) is 4.07. The van der Waals surface area contributed by atoms with Gasteiger partial charge < -0.3 is 19.0 Å². The van der Waals surface area contributed by atoms with Crippen LogP contribution in [0, 0.1) is 10.1 Å². The molecule has 0 radical (unpaired) electrons. The topological polar surface area (TPSA) is 159 Å². The van der Waals surface area contributed by atoms with Gasteiger partial charge in [0, 0.05) is 21.5 Å². The molecule has 0 aliphatic carbocycles. The van der Waals surface area contributed by atoms with Gasteiger partial charge >= 0.3 is 11.7 Å². The van der Waals surface area contributed by atoms with E-state index in [4.69, 9.17) is 13.9 Å². The Bertz CT molecular complexity index is 1910. The van der Waals surface area contributed by atoms with E-state index < -0.39 is 28.2 Å². The third kappa shape index (κ3) is 5.52. The molecule has 0 aliphatic heterocycles. The first-order valence-corrected chi connectivity index (χ1v) is 13.1. The number of carboxylic acid groups (broad SMARTS) is 1. The molecule has 5 rings (SSSR count). The van der Waals surface area contributed by atoms with Crippen molar-refractivity contribution >= 4 is 55.7 Å². The molecule has 2 aromatic heterocycles. The Kier molecular flexibility index (Phi) is 7.53. The van der Waals surface area contributed by atoms with Gasteiger partial charge in [-0.2, -0.15) is 9.78 Å². The molecule has 0 spiro atoms. The van der Waals surface area contributed by atoms with Crippen LogP contribution in [0.5, 0.6) is 11.5 Å². The molecule has 0 bridgehead atoms. The van der Waals surface area contributed by atoms with Crippen LogP contribution < -0.4 is 15.0 Å². The average molecular weight is 621 g/mol. The van der Waals surface area contributed by atoms with Crippen LogP contribution in [-0.4, -0.2) is 44.6 Å². The summed E-state index contributed by atoms with van der Waals surface area (Å²) in [6.45, 7) is 3.03. The molecule has 0 fully saturated rings. The maximum absolute atomic E-state index is 13.5. The molecule has 0 unspecified atom stereocenters. The largest absolute Gasteiger partial charge is 0.490 e. The van der Waals surface area contributed by atoms with Crippen LogP contribution in [0.15, 0.2) is 79.4 Å². The van der Waals surface area contributed by atoms with Gasteiger partial charge in [-0.3, -0.25) is 14.9 Å². The number of hydrogen-bond acceptors (Lipinski definition) is 9. The molecular formula is C28H21BrN4O8. The molecular weight excluding hydrogens is 600 g/mol. The van der Waals surface area contributed by atoms with E-state index in [0.717, 1.165) is 20.6 Å². The molecule has 0 amide bonds. The predicted molar refractivity (Wildman–Crippen MR) is 154 cm³/mol. The van der Waals surface area contributed by atoms with Crippen LogP contribution in [0.25, 0.3) is 33.5 Å². The Hall–Kier alpha value is -5.04. The highest BCUT2D eigenvalue weighted by molar-refractivity contribution is 9.10. The number of rotatable bonds is 9. The molecule has 12 nitrogen and oxygen atoms in total. The number of para-hydroxylation sites is 1. The van der Waals surface area contributed by atoms with Gasteiger partial charge in [0.2, 0.25) is 11.6 Å². The van der Waals surface area contributed by atoms with E-state index in [2.05, 4.69) is 26.0 Å². The number of carboxylic acids is 1. The number of fused-ring (bicyclic) bond motifs is 2. The number of carbonyl (C=O) groups is 1. The summed E-state index contributed by atoms with van der Waals surface area (Å²) in [6, 6.07) is 16.5. The lowest BCUT2D eigenvalue weighted by Crippen LogP contribution is -2.23. The van der Waals surface area contributed by atoms with Gasteiger partial charge in [-0.15, -0.1) is 0 Å². The number of furan rings is 1. The number of benzene rings is 3.